The first-order valence-electron chi connectivity index (χ1n) is 8.15. The first-order chi connectivity index (χ1) is 12.0. The lowest BCUT2D eigenvalue weighted by Crippen LogP contribution is -2.30. The first kappa shape index (κ1) is 16.5. The third-order valence-corrected chi connectivity index (χ3v) is 5.58. The molecule has 1 amide bonds. The molecule has 0 unspecified atom stereocenters. The van der Waals surface area contributed by atoms with E-state index in [1.807, 2.05) is 29.1 Å². The van der Waals surface area contributed by atoms with Crippen LogP contribution in [0.3, 0.4) is 0 Å². The first-order valence-corrected chi connectivity index (χ1v) is 9.47. The van der Waals surface area contributed by atoms with Gasteiger partial charge in [0, 0.05) is 10.4 Å². The highest BCUT2D eigenvalue weighted by Gasteiger charge is 2.42. The highest BCUT2D eigenvalue weighted by Crippen LogP contribution is 2.38. The van der Waals surface area contributed by atoms with Gasteiger partial charge in [-0.2, -0.15) is 11.3 Å². The summed E-state index contributed by atoms with van der Waals surface area (Å²) in [5, 5.41) is 16.1. The zero-order valence-corrected chi connectivity index (χ0v) is 15.1. The van der Waals surface area contributed by atoms with Crippen molar-refractivity contribution in [3.05, 3.63) is 57.0 Å². The average Bonchev–Trinajstić information content (AvgIpc) is 3.06. The maximum atomic E-state index is 12.6. The summed E-state index contributed by atoms with van der Waals surface area (Å²) in [5.41, 5.74) is 8.16. The molecule has 1 saturated carbocycles. The second kappa shape index (κ2) is 6.40. The van der Waals surface area contributed by atoms with E-state index in [1.54, 1.807) is 10.7 Å². The van der Waals surface area contributed by atoms with Crippen LogP contribution in [0.25, 0.3) is 0 Å². The minimum Gasteiger partial charge on any atom is -0.340 e. The summed E-state index contributed by atoms with van der Waals surface area (Å²) in [5.74, 6) is -0.128. The topological polar surface area (TPSA) is 85.8 Å². The Morgan fingerprint density at radius 1 is 1.40 bits per heavy atom. The standard InChI is InChI=1S/C17H18ClN5OS/c18-13-3-1-11(2-4-13)15(20-16(24)12-5-8-25-10-12)14-9-23(22-21-14)17(19)6-7-17/h1,3,5,8-10,15H,2,4,6-7,19H2,(H,20,24)/t15-/m0/s1. The Balaban J connectivity index is 1.63. The monoisotopic (exact) mass is 375 g/mol. The van der Waals surface area contributed by atoms with Gasteiger partial charge in [0.15, 0.2) is 0 Å². The van der Waals surface area contributed by atoms with Crippen LogP contribution in [0.5, 0.6) is 0 Å². The summed E-state index contributed by atoms with van der Waals surface area (Å²) in [7, 11) is 0. The predicted molar refractivity (Wildman–Crippen MR) is 97.2 cm³/mol. The molecule has 1 fully saturated rings. The van der Waals surface area contributed by atoms with Crippen molar-refractivity contribution in [1.82, 2.24) is 20.3 Å². The molecule has 0 radical (unpaired) electrons. The zero-order valence-electron chi connectivity index (χ0n) is 13.5. The molecule has 0 saturated heterocycles. The van der Waals surface area contributed by atoms with Gasteiger partial charge >= 0.3 is 0 Å². The third-order valence-electron chi connectivity index (χ3n) is 4.59. The molecule has 0 bridgehead atoms. The SMILES string of the molecule is NC1(n2cc([C@@H](NC(=O)c3ccsc3)C3=CC=C(Cl)CC3)nn2)CC1. The van der Waals surface area contributed by atoms with Gasteiger partial charge in [-0.05, 0) is 48.8 Å². The molecule has 2 heterocycles. The average molecular weight is 376 g/mol. The molecule has 2 aliphatic carbocycles. The van der Waals surface area contributed by atoms with E-state index in [-0.39, 0.29) is 11.9 Å². The largest absolute Gasteiger partial charge is 0.340 e. The van der Waals surface area contributed by atoms with E-state index in [1.165, 1.54) is 11.3 Å². The number of aromatic nitrogens is 3. The van der Waals surface area contributed by atoms with Crippen LogP contribution in [-0.4, -0.2) is 20.9 Å². The molecule has 130 valence electrons. The summed E-state index contributed by atoms with van der Waals surface area (Å²) < 4.78 is 1.71. The summed E-state index contributed by atoms with van der Waals surface area (Å²) in [4.78, 5) is 12.6. The van der Waals surface area contributed by atoms with Crippen LogP contribution in [0.1, 0.15) is 47.8 Å². The number of carbonyl (C=O) groups is 1. The van der Waals surface area contributed by atoms with E-state index in [9.17, 15) is 4.79 Å². The number of rotatable bonds is 5. The number of nitrogens with two attached hydrogens (primary N) is 1. The van der Waals surface area contributed by atoms with E-state index < -0.39 is 5.66 Å². The normalized spacial score (nSPS) is 19.8. The Kier molecular flexibility index (Phi) is 4.23. The molecule has 0 aliphatic heterocycles. The van der Waals surface area contributed by atoms with Gasteiger partial charge in [0.05, 0.1) is 17.8 Å². The number of nitrogens with one attached hydrogen (secondary N) is 1. The number of hydrogen-bond donors (Lipinski definition) is 2. The zero-order chi connectivity index (χ0) is 17.4. The quantitative estimate of drug-likeness (QED) is 0.840. The highest BCUT2D eigenvalue weighted by atomic mass is 35.5. The molecule has 2 aromatic heterocycles. The molecule has 0 spiro atoms. The van der Waals surface area contributed by atoms with Gasteiger partial charge in [0.2, 0.25) is 0 Å². The minimum atomic E-state index is -0.419. The van der Waals surface area contributed by atoms with Crippen molar-refractivity contribution in [2.45, 2.75) is 37.4 Å². The van der Waals surface area contributed by atoms with Crippen molar-refractivity contribution >= 4 is 28.8 Å². The van der Waals surface area contributed by atoms with Crippen LogP contribution in [-0.2, 0) is 5.66 Å². The van der Waals surface area contributed by atoms with Gasteiger partial charge in [-0.1, -0.05) is 22.9 Å². The number of thiophene rings is 1. The summed E-state index contributed by atoms with van der Waals surface area (Å²) >= 11 is 7.57. The number of allylic oxidation sites excluding steroid dienone is 3. The van der Waals surface area contributed by atoms with Crippen LogP contribution in [0.4, 0.5) is 0 Å². The molecule has 25 heavy (non-hydrogen) atoms. The van der Waals surface area contributed by atoms with Crippen molar-refractivity contribution in [1.29, 1.82) is 0 Å². The molecule has 1 atom stereocenters. The van der Waals surface area contributed by atoms with E-state index in [0.717, 1.165) is 36.3 Å². The Labute approximate surface area is 154 Å². The minimum absolute atomic E-state index is 0.128. The molecule has 2 aromatic rings. The van der Waals surface area contributed by atoms with Crippen molar-refractivity contribution < 1.29 is 4.79 Å². The Hall–Kier alpha value is -1.96. The van der Waals surface area contributed by atoms with E-state index in [4.69, 9.17) is 17.3 Å². The van der Waals surface area contributed by atoms with Gasteiger partial charge in [-0.15, -0.1) is 5.10 Å². The van der Waals surface area contributed by atoms with Gasteiger partial charge in [-0.3, -0.25) is 4.79 Å². The summed E-state index contributed by atoms with van der Waals surface area (Å²) in [6.07, 6.45) is 8.98. The van der Waals surface area contributed by atoms with E-state index in [0.29, 0.717) is 11.3 Å². The van der Waals surface area contributed by atoms with Crippen LogP contribution in [0.2, 0.25) is 0 Å². The molecule has 8 heteroatoms. The van der Waals surface area contributed by atoms with Gasteiger partial charge in [0.1, 0.15) is 11.4 Å². The number of halogens is 1. The van der Waals surface area contributed by atoms with Crippen LogP contribution in [0, 0.1) is 0 Å². The Bertz CT molecular complexity index is 850. The van der Waals surface area contributed by atoms with Gasteiger partial charge in [0.25, 0.3) is 5.91 Å². The number of carbonyl (C=O) groups excluding carboxylic acids is 1. The van der Waals surface area contributed by atoms with Gasteiger partial charge < -0.3 is 11.1 Å². The number of hydrogen-bond acceptors (Lipinski definition) is 5. The lowest BCUT2D eigenvalue weighted by atomic mass is 9.95. The molecule has 4 rings (SSSR count). The fourth-order valence-corrected chi connectivity index (χ4v) is 3.61. The van der Waals surface area contributed by atoms with E-state index >= 15 is 0 Å². The highest BCUT2D eigenvalue weighted by molar-refractivity contribution is 7.08. The van der Waals surface area contributed by atoms with E-state index in [2.05, 4.69) is 15.6 Å². The molecular weight excluding hydrogens is 358 g/mol. The van der Waals surface area contributed by atoms with Gasteiger partial charge in [-0.25, -0.2) is 4.68 Å². The second-order valence-electron chi connectivity index (χ2n) is 6.47. The smallest absolute Gasteiger partial charge is 0.252 e. The fourth-order valence-electron chi connectivity index (χ4n) is 2.82. The Morgan fingerprint density at radius 3 is 2.88 bits per heavy atom. The molecule has 2 aliphatic rings. The summed E-state index contributed by atoms with van der Waals surface area (Å²) in [6, 6.07) is 1.46. The van der Waals surface area contributed by atoms with Crippen LogP contribution >= 0.6 is 22.9 Å². The second-order valence-corrected chi connectivity index (χ2v) is 7.73. The van der Waals surface area contributed by atoms with Crippen molar-refractivity contribution in [2.24, 2.45) is 5.73 Å². The Morgan fingerprint density at radius 2 is 2.24 bits per heavy atom. The predicted octanol–water partition coefficient (Wildman–Crippen LogP) is 3.06. The molecule has 6 nitrogen and oxygen atoms in total. The molecule has 3 N–H and O–H groups in total. The lowest BCUT2D eigenvalue weighted by Gasteiger charge is -2.21. The lowest BCUT2D eigenvalue weighted by molar-refractivity contribution is 0.0941. The van der Waals surface area contributed by atoms with Crippen molar-refractivity contribution in [3.8, 4) is 0 Å². The maximum Gasteiger partial charge on any atom is 0.252 e. The van der Waals surface area contributed by atoms with Crippen molar-refractivity contribution in [3.63, 3.8) is 0 Å². The molecular formula is C17H18ClN5OS. The number of nitrogens with zero attached hydrogens (tertiary/aromatic N) is 3. The fraction of sp³-hybridized carbons (Fsp3) is 0.353. The van der Waals surface area contributed by atoms with Crippen LogP contribution < -0.4 is 11.1 Å². The van der Waals surface area contributed by atoms with Crippen molar-refractivity contribution in [2.75, 3.05) is 0 Å². The third kappa shape index (κ3) is 3.40. The van der Waals surface area contributed by atoms with Crippen LogP contribution in [0.15, 0.2) is 45.8 Å². The number of amides is 1. The summed E-state index contributed by atoms with van der Waals surface area (Å²) in [6.45, 7) is 0. The maximum absolute atomic E-state index is 12.6. The molecule has 0 aromatic carbocycles.